The Labute approximate surface area is 209 Å². The van der Waals surface area contributed by atoms with Crippen LogP contribution < -0.4 is 5.32 Å². The minimum Gasteiger partial charge on any atom is -0.340 e. The van der Waals surface area contributed by atoms with Gasteiger partial charge in [-0.15, -0.1) is 0 Å². The molecule has 4 nitrogen and oxygen atoms in total. The summed E-state index contributed by atoms with van der Waals surface area (Å²) in [7, 11) is 0. The number of amides is 1. The van der Waals surface area contributed by atoms with E-state index in [-0.39, 0.29) is 5.57 Å². The van der Waals surface area contributed by atoms with Crippen LogP contribution in [0.15, 0.2) is 72.3 Å². The predicted octanol–water partition coefficient (Wildman–Crippen LogP) is 7.41. The van der Waals surface area contributed by atoms with E-state index < -0.39 is 5.91 Å². The topological polar surface area (TPSA) is 57.8 Å². The maximum Gasteiger partial charge on any atom is 0.266 e. The second-order valence-electron chi connectivity index (χ2n) is 8.01. The summed E-state index contributed by atoms with van der Waals surface area (Å²) in [6, 6.07) is 23.1. The molecule has 1 aromatic heterocycles. The van der Waals surface area contributed by atoms with E-state index in [9.17, 15) is 10.1 Å². The highest BCUT2D eigenvalue weighted by Crippen LogP contribution is 2.30. The van der Waals surface area contributed by atoms with Crippen LogP contribution in [0.1, 0.15) is 29.3 Å². The molecule has 6 heteroatoms. The molecule has 0 bridgehead atoms. The molecule has 0 atom stereocenters. The lowest BCUT2D eigenvalue weighted by atomic mass is 10.1. The van der Waals surface area contributed by atoms with E-state index in [1.54, 1.807) is 12.1 Å². The summed E-state index contributed by atoms with van der Waals surface area (Å²) in [6.45, 7) is 4.59. The van der Waals surface area contributed by atoms with Gasteiger partial charge in [0, 0.05) is 44.4 Å². The minimum atomic E-state index is -0.441. The van der Waals surface area contributed by atoms with Crippen LogP contribution >= 0.6 is 23.2 Å². The van der Waals surface area contributed by atoms with Gasteiger partial charge in [-0.25, -0.2) is 0 Å². The monoisotopic (exact) mass is 487 g/mol. The molecule has 0 fully saturated rings. The molecule has 0 spiro atoms. The van der Waals surface area contributed by atoms with Crippen molar-refractivity contribution in [3.8, 4) is 6.07 Å². The number of nitrogens with one attached hydrogen (secondary N) is 1. The molecule has 34 heavy (non-hydrogen) atoms. The second kappa shape index (κ2) is 10.2. The van der Waals surface area contributed by atoms with Crippen LogP contribution in [0.5, 0.6) is 0 Å². The molecule has 1 N–H and O–H groups in total. The number of carbonyl (C=O) groups is 1. The van der Waals surface area contributed by atoms with Crippen molar-refractivity contribution in [2.75, 3.05) is 5.32 Å². The zero-order chi connectivity index (χ0) is 24.2. The summed E-state index contributed by atoms with van der Waals surface area (Å²) in [4.78, 5) is 12.9. The van der Waals surface area contributed by atoms with E-state index in [1.165, 1.54) is 5.56 Å². The molecule has 0 aliphatic rings. The number of fused-ring (bicyclic) bond motifs is 1. The zero-order valence-electron chi connectivity index (χ0n) is 18.9. The van der Waals surface area contributed by atoms with Gasteiger partial charge in [-0.05, 0) is 60.9 Å². The first-order valence-electron chi connectivity index (χ1n) is 10.9. The molecule has 4 rings (SSSR count). The Balaban J connectivity index is 1.72. The van der Waals surface area contributed by atoms with Crippen LogP contribution in [-0.4, -0.2) is 10.5 Å². The van der Waals surface area contributed by atoms with E-state index in [0.717, 1.165) is 34.1 Å². The third kappa shape index (κ3) is 4.87. The van der Waals surface area contributed by atoms with E-state index in [0.29, 0.717) is 22.3 Å². The van der Waals surface area contributed by atoms with E-state index in [1.807, 2.05) is 67.6 Å². The Morgan fingerprint density at radius 1 is 1.09 bits per heavy atom. The number of nitrogens with zero attached hydrogens (tertiary/aromatic N) is 2. The fourth-order valence-electron chi connectivity index (χ4n) is 3.98. The number of benzene rings is 3. The van der Waals surface area contributed by atoms with Crippen molar-refractivity contribution in [3.05, 3.63) is 105 Å². The van der Waals surface area contributed by atoms with Gasteiger partial charge in [-0.3, -0.25) is 4.79 Å². The second-order valence-corrected chi connectivity index (χ2v) is 8.86. The van der Waals surface area contributed by atoms with Crippen molar-refractivity contribution in [3.63, 3.8) is 0 Å². The summed E-state index contributed by atoms with van der Waals surface area (Å²) in [5.74, 6) is -0.441. The fraction of sp³-hybridized carbons (Fsp3) is 0.143. The largest absolute Gasteiger partial charge is 0.340 e. The average Bonchev–Trinajstić information content (AvgIpc) is 3.10. The van der Waals surface area contributed by atoms with Crippen molar-refractivity contribution < 1.29 is 4.79 Å². The SMILES string of the molecule is CCc1ccc(NC(=O)/C(C#N)=C/c2c(C)n(Cc3ccc(Cl)cc3Cl)c3ccccc23)cc1. The number of halogens is 2. The first kappa shape index (κ1) is 23.6. The van der Waals surface area contributed by atoms with Crippen LogP contribution in [0, 0.1) is 18.3 Å². The van der Waals surface area contributed by atoms with E-state index >= 15 is 0 Å². The molecule has 0 aliphatic heterocycles. The van der Waals surface area contributed by atoms with Crippen molar-refractivity contribution in [1.29, 1.82) is 5.26 Å². The standard InChI is InChI=1S/C28H23Cl2N3O/c1-3-19-8-12-23(13-9-19)32-28(34)21(16-31)14-25-18(2)33(27-7-5-4-6-24(25)27)17-20-10-11-22(29)15-26(20)30/h4-15H,3,17H2,1-2H3,(H,32,34)/b21-14+. The summed E-state index contributed by atoms with van der Waals surface area (Å²) in [5.41, 5.74) is 5.55. The third-order valence-corrected chi connectivity index (χ3v) is 6.48. The smallest absolute Gasteiger partial charge is 0.266 e. The van der Waals surface area contributed by atoms with Gasteiger partial charge in [0.15, 0.2) is 0 Å². The van der Waals surface area contributed by atoms with Gasteiger partial charge in [0.25, 0.3) is 5.91 Å². The third-order valence-electron chi connectivity index (χ3n) is 5.90. The zero-order valence-corrected chi connectivity index (χ0v) is 20.4. The molecular weight excluding hydrogens is 465 g/mol. The highest BCUT2D eigenvalue weighted by Gasteiger charge is 2.17. The number of aryl methyl sites for hydroxylation is 1. The number of hydrogen-bond donors (Lipinski definition) is 1. The van der Waals surface area contributed by atoms with Crippen molar-refractivity contribution in [2.45, 2.75) is 26.8 Å². The number of rotatable bonds is 6. The quantitative estimate of drug-likeness (QED) is 0.227. The molecule has 1 amide bonds. The molecule has 170 valence electrons. The number of para-hydroxylation sites is 1. The normalized spacial score (nSPS) is 11.4. The lowest BCUT2D eigenvalue weighted by Gasteiger charge is -2.11. The van der Waals surface area contributed by atoms with Crippen LogP contribution in [0.3, 0.4) is 0 Å². The summed E-state index contributed by atoms with van der Waals surface area (Å²) in [5, 5.41) is 14.7. The minimum absolute atomic E-state index is 0.0371. The van der Waals surface area contributed by atoms with E-state index in [2.05, 4.69) is 22.9 Å². The maximum atomic E-state index is 12.9. The van der Waals surface area contributed by atoms with Crippen molar-refractivity contribution in [2.24, 2.45) is 0 Å². The lowest BCUT2D eigenvalue weighted by molar-refractivity contribution is -0.112. The van der Waals surface area contributed by atoms with Gasteiger partial charge in [0.1, 0.15) is 11.6 Å². The molecule has 0 saturated carbocycles. The average molecular weight is 488 g/mol. The van der Waals surface area contributed by atoms with Gasteiger partial charge < -0.3 is 9.88 Å². The first-order chi connectivity index (χ1) is 16.4. The first-order valence-corrected chi connectivity index (χ1v) is 11.7. The molecule has 4 aromatic rings. The van der Waals surface area contributed by atoms with Gasteiger partial charge >= 0.3 is 0 Å². The fourth-order valence-corrected chi connectivity index (χ4v) is 4.45. The molecule has 1 heterocycles. The van der Waals surface area contributed by atoms with Crippen molar-refractivity contribution >= 4 is 51.8 Å². The van der Waals surface area contributed by atoms with Crippen LogP contribution in [0.2, 0.25) is 10.0 Å². The van der Waals surface area contributed by atoms with Crippen LogP contribution in [-0.2, 0) is 17.8 Å². The summed E-state index contributed by atoms with van der Waals surface area (Å²) >= 11 is 12.5. The Bertz CT molecular complexity index is 1440. The number of anilines is 1. The number of nitriles is 1. The number of hydrogen-bond acceptors (Lipinski definition) is 2. The maximum absolute atomic E-state index is 12.9. The molecule has 0 saturated heterocycles. The Morgan fingerprint density at radius 2 is 1.82 bits per heavy atom. The number of carbonyl (C=O) groups excluding carboxylic acids is 1. The van der Waals surface area contributed by atoms with Crippen molar-refractivity contribution in [1.82, 2.24) is 4.57 Å². The van der Waals surface area contributed by atoms with Crippen LogP contribution in [0.4, 0.5) is 5.69 Å². The predicted molar refractivity (Wildman–Crippen MR) is 140 cm³/mol. The lowest BCUT2D eigenvalue weighted by Crippen LogP contribution is -2.13. The van der Waals surface area contributed by atoms with E-state index in [4.69, 9.17) is 23.2 Å². The van der Waals surface area contributed by atoms with Gasteiger partial charge in [-0.1, -0.05) is 66.5 Å². The van der Waals surface area contributed by atoms with Gasteiger partial charge in [-0.2, -0.15) is 5.26 Å². The van der Waals surface area contributed by atoms with Gasteiger partial charge in [0.2, 0.25) is 0 Å². The summed E-state index contributed by atoms with van der Waals surface area (Å²) in [6.07, 6.45) is 2.58. The highest BCUT2D eigenvalue weighted by atomic mass is 35.5. The van der Waals surface area contributed by atoms with Gasteiger partial charge in [0.05, 0.1) is 0 Å². The molecule has 0 aliphatic carbocycles. The van der Waals surface area contributed by atoms with Crippen LogP contribution in [0.25, 0.3) is 17.0 Å². The molecule has 3 aromatic carbocycles. The Morgan fingerprint density at radius 3 is 2.50 bits per heavy atom. The molecule has 0 unspecified atom stereocenters. The highest BCUT2D eigenvalue weighted by molar-refractivity contribution is 6.35. The molecular formula is C28H23Cl2N3O. The molecule has 0 radical (unpaired) electrons. The Kier molecular flexibility index (Phi) is 7.07. The summed E-state index contributed by atoms with van der Waals surface area (Å²) < 4.78 is 2.13. The Hall–Kier alpha value is -3.52. The number of aromatic nitrogens is 1.